The van der Waals surface area contributed by atoms with Crippen molar-refractivity contribution in [3.05, 3.63) is 0 Å². The van der Waals surface area contributed by atoms with Gasteiger partial charge in [-0.05, 0) is 45.9 Å². The summed E-state index contributed by atoms with van der Waals surface area (Å²) in [5.41, 5.74) is 0. The Morgan fingerprint density at radius 3 is 2.71 bits per heavy atom. The highest BCUT2D eigenvalue weighted by atomic mass is 15.2. The van der Waals surface area contributed by atoms with Gasteiger partial charge >= 0.3 is 0 Å². The summed E-state index contributed by atoms with van der Waals surface area (Å²) in [5.74, 6) is 0.857. The summed E-state index contributed by atoms with van der Waals surface area (Å²) in [5, 5.41) is 7.23. The zero-order valence-corrected chi connectivity index (χ0v) is 11.4. The third kappa shape index (κ3) is 4.54. The van der Waals surface area contributed by atoms with Gasteiger partial charge in [0.1, 0.15) is 0 Å². The number of nitrogens with one attached hydrogen (secondary N) is 2. The molecule has 17 heavy (non-hydrogen) atoms. The van der Waals surface area contributed by atoms with Gasteiger partial charge in [0, 0.05) is 38.8 Å². The molecule has 100 valence electrons. The quantitative estimate of drug-likeness (QED) is 0.714. The van der Waals surface area contributed by atoms with E-state index in [9.17, 15) is 0 Å². The Morgan fingerprint density at radius 1 is 1.12 bits per heavy atom. The van der Waals surface area contributed by atoms with Crippen LogP contribution < -0.4 is 10.6 Å². The van der Waals surface area contributed by atoms with E-state index < -0.39 is 0 Å². The molecule has 2 aliphatic heterocycles. The van der Waals surface area contributed by atoms with Gasteiger partial charge in [0.25, 0.3) is 0 Å². The van der Waals surface area contributed by atoms with Crippen molar-refractivity contribution >= 4 is 0 Å². The first kappa shape index (κ1) is 13.3. The van der Waals surface area contributed by atoms with Crippen LogP contribution in [-0.2, 0) is 0 Å². The van der Waals surface area contributed by atoms with Crippen molar-refractivity contribution in [2.24, 2.45) is 5.92 Å². The molecule has 0 bridgehead atoms. The summed E-state index contributed by atoms with van der Waals surface area (Å²) in [6, 6.07) is 0.634. The van der Waals surface area contributed by atoms with Crippen molar-refractivity contribution in [3.63, 3.8) is 0 Å². The standard InChI is InChI=1S/C13H28N4/c1-16-6-3-4-12(10-16)8-14-9-13-11-17(2)7-5-15-13/h12-15H,3-11H2,1-2H3. The van der Waals surface area contributed by atoms with E-state index in [0.29, 0.717) is 6.04 Å². The lowest BCUT2D eigenvalue weighted by Gasteiger charge is -2.33. The summed E-state index contributed by atoms with van der Waals surface area (Å²) in [4.78, 5) is 4.87. The minimum atomic E-state index is 0.634. The molecule has 0 aromatic carbocycles. The first-order valence-corrected chi connectivity index (χ1v) is 7.05. The van der Waals surface area contributed by atoms with Gasteiger partial charge in [0.2, 0.25) is 0 Å². The third-order valence-electron chi connectivity index (χ3n) is 4.00. The van der Waals surface area contributed by atoms with E-state index in [0.717, 1.165) is 19.0 Å². The van der Waals surface area contributed by atoms with Crippen LogP contribution in [-0.4, -0.2) is 75.8 Å². The number of rotatable bonds is 4. The second-order valence-electron chi connectivity index (χ2n) is 5.84. The van der Waals surface area contributed by atoms with Crippen LogP contribution in [0.25, 0.3) is 0 Å². The molecule has 2 atom stereocenters. The molecule has 2 N–H and O–H groups in total. The van der Waals surface area contributed by atoms with Crippen LogP contribution in [0.15, 0.2) is 0 Å². The maximum absolute atomic E-state index is 3.65. The molecular formula is C13H28N4. The van der Waals surface area contributed by atoms with Crippen LogP contribution in [0.2, 0.25) is 0 Å². The molecule has 0 radical (unpaired) electrons. The molecule has 0 aromatic heterocycles. The van der Waals surface area contributed by atoms with Crippen LogP contribution >= 0.6 is 0 Å². The number of nitrogens with zero attached hydrogens (tertiary/aromatic N) is 2. The molecule has 2 rings (SSSR count). The van der Waals surface area contributed by atoms with Crippen molar-refractivity contribution in [2.75, 3.05) is 59.9 Å². The SMILES string of the molecule is CN1CCCC(CNCC2CN(C)CCN2)C1. The van der Waals surface area contributed by atoms with E-state index >= 15 is 0 Å². The molecule has 4 nitrogen and oxygen atoms in total. The minimum Gasteiger partial charge on any atom is -0.315 e. The average molecular weight is 240 g/mol. The Balaban J connectivity index is 1.58. The molecule has 4 heteroatoms. The summed E-state index contributed by atoms with van der Waals surface area (Å²) >= 11 is 0. The summed E-state index contributed by atoms with van der Waals surface area (Å²) in [6.07, 6.45) is 2.77. The molecule has 0 amide bonds. The lowest BCUT2D eigenvalue weighted by Crippen LogP contribution is -2.53. The van der Waals surface area contributed by atoms with Crippen LogP contribution in [0.3, 0.4) is 0 Å². The largest absolute Gasteiger partial charge is 0.315 e. The Hall–Kier alpha value is -0.160. The molecule has 2 aliphatic rings. The van der Waals surface area contributed by atoms with Crippen molar-refractivity contribution in [3.8, 4) is 0 Å². The zero-order valence-electron chi connectivity index (χ0n) is 11.4. The molecule has 2 unspecified atom stereocenters. The second kappa shape index (κ2) is 6.69. The van der Waals surface area contributed by atoms with Crippen molar-refractivity contribution in [1.29, 1.82) is 0 Å². The summed E-state index contributed by atoms with van der Waals surface area (Å²) in [7, 11) is 4.45. The Kier molecular flexibility index (Phi) is 5.22. The topological polar surface area (TPSA) is 30.5 Å². The van der Waals surface area contributed by atoms with Gasteiger partial charge < -0.3 is 20.4 Å². The third-order valence-corrected chi connectivity index (χ3v) is 4.00. The first-order valence-electron chi connectivity index (χ1n) is 7.05. The molecular weight excluding hydrogens is 212 g/mol. The van der Waals surface area contributed by atoms with Crippen LogP contribution in [0.4, 0.5) is 0 Å². The minimum absolute atomic E-state index is 0.634. The van der Waals surface area contributed by atoms with Gasteiger partial charge in [-0.2, -0.15) is 0 Å². The Labute approximate surface area is 106 Å². The van der Waals surface area contributed by atoms with Gasteiger partial charge in [0.05, 0.1) is 0 Å². The van der Waals surface area contributed by atoms with E-state index in [1.54, 1.807) is 0 Å². The number of likely N-dealkylation sites (N-methyl/N-ethyl adjacent to an activating group) is 1. The molecule has 0 spiro atoms. The highest BCUT2D eigenvalue weighted by Gasteiger charge is 2.19. The Morgan fingerprint density at radius 2 is 1.94 bits per heavy atom. The van der Waals surface area contributed by atoms with E-state index in [-0.39, 0.29) is 0 Å². The molecule has 0 saturated carbocycles. The lowest BCUT2D eigenvalue weighted by atomic mass is 9.98. The lowest BCUT2D eigenvalue weighted by molar-refractivity contribution is 0.199. The fraction of sp³-hybridized carbons (Fsp3) is 1.00. The predicted molar refractivity (Wildman–Crippen MR) is 72.4 cm³/mol. The van der Waals surface area contributed by atoms with Crippen LogP contribution in [0, 0.1) is 5.92 Å². The maximum Gasteiger partial charge on any atom is 0.0320 e. The first-order chi connectivity index (χ1) is 8.24. The monoisotopic (exact) mass is 240 g/mol. The van der Waals surface area contributed by atoms with Gasteiger partial charge in [-0.3, -0.25) is 0 Å². The van der Waals surface area contributed by atoms with E-state index in [2.05, 4.69) is 34.5 Å². The molecule has 2 saturated heterocycles. The van der Waals surface area contributed by atoms with Crippen molar-refractivity contribution in [2.45, 2.75) is 18.9 Å². The van der Waals surface area contributed by atoms with E-state index in [1.807, 2.05) is 0 Å². The highest BCUT2D eigenvalue weighted by molar-refractivity contribution is 4.80. The fourth-order valence-corrected chi connectivity index (χ4v) is 3.03. The van der Waals surface area contributed by atoms with Gasteiger partial charge in [-0.25, -0.2) is 0 Å². The van der Waals surface area contributed by atoms with Gasteiger partial charge in [-0.1, -0.05) is 0 Å². The number of hydrogen-bond donors (Lipinski definition) is 2. The number of piperidine rings is 1. The number of likely N-dealkylation sites (tertiary alicyclic amines) is 1. The summed E-state index contributed by atoms with van der Waals surface area (Å²) < 4.78 is 0. The number of piperazine rings is 1. The number of hydrogen-bond acceptors (Lipinski definition) is 4. The normalized spacial score (nSPS) is 32.8. The molecule has 2 fully saturated rings. The van der Waals surface area contributed by atoms with Crippen molar-refractivity contribution in [1.82, 2.24) is 20.4 Å². The predicted octanol–water partition coefficient (Wildman–Crippen LogP) is -0.179. The van der Waals surface area contributed by atoms with Gasteiger partial charge in [0.15, 0.2) is 0 Å². The van der Waals surface area contributed by atoms with E-state index in [1.165, 1.54) is 45.6 Å². The summed E-state index contributed by atoms with van der Waals surface area (Å²) in [6.45, 7) is 8.35. The van der Waals surface area contributed by atoms with Crippen LogP contribution in [0.5, 0.6) is 0 Å². The molecule has 0 aromatic rings. The smallest absolute Gasteiger partial charge is 0.0320 e. The maximum atomic E-state index is 3.65. The average Bonchev–Trinajstić information content (AvgIpc) is 2.29. The Bertz CT molecular complexity index is 199. The highest BCUT2D eigenvalue weighted by Crippen LogP contribution is 2.13. The molecule has 2 heterocycles. The second-order valence-corrected chi connectivity index (χ2v) is 5.84. The molecule has 0 aliphatic carbocycles. The van der Waals surface area contributed by atoms with Crippen LogP contribution in [0.1, 0.15) is 12.8 Å². The fourth-order valence-electron chi connectivity index (χ4n) is 3.03. The van der Waals surface area contributed by atoms with Gasteiger partial charge in [-0.15, -0.1) is 0 Å². The van der Waals surface area contributed by atoms with Crippen molar-refractivity contribution < 1.29 is 0 Å². The zero-order chi connectivity index (χ0) is 12.1. The van der Waals surface area contributed by atoms with E-state index in [4.69, 9.17) is 0 Å².